The van der Waals surface area contributed by atoms with Crippen molar-refractivity contribution in [2.24, 2.45) is 11.8 Å². The summed E-state index contributed by atoms with van der Waals surface area (Å²) in [7, 11) is 0. The van der Waals surface area contributed by atoms with Crippen LogP contribution < -0.4 is 5.32 Å². The van der Waals surface area contributed by atoms with E-state index in [4.69, 9.17) is 11.6 Å². The van der Waals surface area contributed by atoms with Crippen molar-refractivity contribution in [3.05, 3.63) is 64.7 Å². The van der Waals surface area contributed by atoms with E-state index in [1.807, 2.05) is 6.07 Å². The first kappa shape index (κ1) is 24.3. The molecule has 1 fully saturated rings. The third kappa shape index (κ3) is 7.67. The Balaban J connectivity index is 1.35. The van der Waals surface area contributed by atoms with Crippen molar-refractivity contribution in [1.82, 2.24) is 5.32 Å². The predicted molar refractivity (Wildman–Crippen MR) is 129 cm³/mol. The summed E-state index contributed by atoms with van der Waals surface area (Å²) < 4.78 is 0. The number of amides is 1. The lowest BCUT2D eigenvalue weighted by atomic mass is 9.81. The van der Waals surface area contributed by atoms with Crippen LogP contribution in [0.4, 0.5) is 0 Å². The number of hydrogen-bond acceptors (Lipinski definition) is 3. The zero-order valence-electron chi connectivity index (χ0n) is 18.7. The molecule has 32 heavy (non-hydrogen) atoms. The third-order valence-corrected chi connectivity index (χ3v) is 6.78. The van der Waals surface area contributed by atoms with E-state index in [-0.39, 0.29) is 29.0 Å². The predicted octanol–water partition coefficient (Wildman–Crippen LogP) is 5.88. The van der Waals surface area contributed by atoms with Gasteiger partial charge in [-0.3, -0.25) is 9.59 Å². The van der Waals surface area contributed by atoms with Crippen LogP contribution >= 0.6 is 11.6 Å². The number of nitrogens with one attached hydrogen (secondary N) is 1. The first-order valence-electron chi connectivity index (χ1n) is 11.8. The summed E-state index contributed by atoms with van der Waals surface area (Å²) in [5.74, 6) is 1.05. The molecule has 0 radical (unpaired) electrons. The summed E-state index contributed by atoms with van der Waals surface area (Å²) in [6, 6.07) is 15.2. The Morgan fingerprint density at radius 3 is 2.47 bits per heavy atom. The molecule has 1 unspecified atom stereocenters. The fraction of sp³-hybridized carbons (Fsp3) is 0.481. The second-order valence-corrected chi connectivity index (χ2v) is 9.34. The van der Waals surface area contributed by atoms with E-state index in [0.29, 0.717) is 24.7 Å². The molecule has 1 aliphatic carbocycles. The molecule has 2 aromatic rings. The Morgan fingerprint density at radius 1 is 1.00 bits per heavy atom. The first-order valence-corrected chi connectivity index (χ1v) is 12.2. The van der Waals surface area contributed by atoms with Crippen molar-refractivity contribution >= 4 is 23.3 Å². The van der Waals surface area contributed by atoms with Gasteiger partial charge < -0.3 is 10.4 Å². The lowest BCUT2D eigenvalue weighted by Gasteiger charge is -2.22. The highest BCUT2D eigenvalue weighted by atomic mass is 35.5. The number of benzene rings is 2. The Hall–Kier alpha value is -2.33. The standard InChI is InChI=1S/C27H34ClNO3/c28-24-18-21(14-15-26(24)31)19-27(32)29-16-8-2-5-13-25(30)23(22-11-6-7-12-22)17-20-9-3-1-4-10-20/h1,3-4,9-10,14-15,18,22-23,31H,2,5-8,11-13,16-17,19H2,(H,29,32). The van der Waals surface area contributed by atoms with Crippen molar-refractivity contribution in [3.8, 4) is 5.75 Å². The summed E-state index contributed by atoms with van der Waals surface area (Å²) in [6.45, 7) is 0.606. The molecule has 172 valence electrons. The molecular weight excluding hydrogens is 422 g/mol. The molecule has 1 amide bonds. The van der Waals surface area contributed by atoms with Crippen molar-refractivity contribution in [2.45, 2.75) is 64.2 Å². The van der Waals surface area contributed by atoms with Gasteiger partial charge in [0.05, 0.1) is 11.4 Å². The summed E-state index contributed by atoms with van der Waals surface area (Å²) in [6.07, 6.45) is 9.26. The Bertz CT molecular complexity index is 878. The highest BCUT2D eigenvalue weighted by Gasteiger charge is 2.30. The average Bonchev–Trinajstić information content (AvgIpc) is 3.32. The van der Waals surface area contributed by atoms with Crippen LogP contribution in [-0.4, -0.2) is 23.3 Å². The van der Waals surface area contributed by atoms with Crippen molar-refractivity contribution < 1.29 is 14.7 Å². The number of halogens is 1. The van der Waals surface area contributed by atoms with E-state index < -0.39 is 0 Å². The number of hydrogen-bond donors (Lipinski definition) is 2. The number of unbranched alkanes of at least 4 members (excludes halogenated alkanes) is 2. The van der Waals surface area contributed by atoms with Gasteiger partial charge in [-0.05, 0) is 61.3 Å². The molecule has 0 aromatic heterocycles. The van der Waals surface area contributed by atoms with Gasteiger partial charge in [-0.2, -0.15) is 0 Å². The minimum absolute atomic E-state index is 0.0179. The molecule has 3 rings (SSSR count). The number of ketones is 1. The highest BCUT2D eigenvalue weighted by Crippen LogP contribution is 2.34. The molecule has 0 bridgehead atoms. The number of aromatic hydroxyl groups is 1. The van der Waals surface area contributed by atoms with Crippen LogP contribution in [0.15, 0.2) is 48.5 Å². The Labute approximate surface area is 196 Å². The average molecular weight is 456 g/mol. The minimum Gasteiger partial charge on any atom is -0.506 e. The number of phenolic OH excluding ortho intramolecular Hbond substituents is 1. The second-order valence-electron chi connectivity index (χ2n) is 8.93. The van der Waals surface area contributed by atoms with Crippen LogP contribution in [0, 0.1) is 11.8 Å². The van der Waals surface area contributed by atoms with Gasteiger partial charge in [-0.25, -0.2) is 0 Å². The number of Topliss-reactive ketones (excluding diaryl/α,β-unsaturated/α-hetero) is 1. The third-order valence-electron chi connectivity index (χ3n) is 6.48. The molecule has 4 nitrogen and oxygen atoms in total. The number of carbonyl (C=O) groups excluding carboxylic acids is 2. The van der Waals surface area contributed by atoms with Gasteiger partial charge in [0.15, 0.2) is 0 Å². The normalized spacial score (nSPS) is 14.9. The minimum atomic E-state index is -0.0630. The van der Waals surface area contributed by atoms with Crippen molar-refractivity contribution in [3.63, 3.8) is 0 Å². The van der Waals surface area contributed by atoms with Gasteiger partial charge in [-0.1, -0.05) is 67.3 Å². The van der Waals surface area contributed by atoms with E-state index in [1.165, 1.54) is 37.3 Å². The van der Waals surface area contributed by atoms with Gasteiger partial charge in [0.2, 0.25) is 5.91 Å². The molecule has 5 heteroatoms. The summed E-state index contributed by atoms with van der Waals surface area (Å²) in [5.41, 5.74) is 2.03. The van der Waals surface area contributed by atoms with Crippen molar-refractivity contribution in [1.29, 1.82) is 0 Å². The largest absolute Gasteiger partial charge is 0.506 e. The lowest BCUT2D eigenvalue weighted by molar-refractivity contribution is -0.124. The number of rotatable bonds is 12. The number of carbonyl (C=O) groups is 2. The topological polar surface area (TPSA) is 66.4 Å². The molecule has 0 spiro atoms. The van der Waals surface area contributed by atoms with E-state index >= 15 is 0 Å². The summed E-state index contributed by atoms with van der Waals surface area (Å²) >= 11 is 5.88. The van der Waals surface area contributed by atoms with E-state index in [1.54, 1.807) is 12.1 Å². The van der Waals surface area contributed by atoms with Gasteiger partial charge in [0.1, 0.15) is 11.5 Å². The zero-order chi connectivity index (χ0) is 22.8. The molecule has 0 aliphatic heterocycles. The highest BCUT2D eigenvalue weighted by molar-refractivity contribution is 6.32. The van der Waals surface area contributed by atoms with E-state index in [0.717, 1.165) is 31.2 Å². The summed E-state index contributed by atoms with van der Waals surface area (Å²) in [4.78, 5) is 25.1. The quantitative estimate of drug-likeness (QED) is 0.392. The van der Waals surface area contributed by atoms with Crippen LogP contribution in [0.1, 0.15) is 62.5 Å². The van der Waals surface area contributed by atoms with Crippen LogP contribution in [0.2, 0.25) is 5.02 Å². The molecule has 0 saturated heterocycles. The molecule has 2 N–H and O–H groups in total. The maximum Gasteiger partial charge on any atom is 0.224 e. The first-order chi connectivity index (χ1) is 15.5. The van der Waals surface area contributed by atoms with Gasteiger partial charge >= 0.3 is 0 Å². The monoisotopic (exact) mass is 455 g/mol. The number of phenols is 1. The van der Waals surface area contributed by atoms with E-state index in [9.17, 15) is 14.7 Å². The maximum atomic E-state index is 13.0. The molecule has 1 aliphatic rings. The van der Waals surface area contributed by atoms with Crippen LogP contribution in [0.25, 0.3) is 0 Å². The van der Waals surface area contributed by atoms with Gasteiger partial charge in [-0.15, -0.1) is 0 Å². The molecule has 1 atom stereocenters. The van der Waals surface area contributed by atoms with Crippen LogP contribution in [0.3, 0.4) is 0 Å². The maximum absolute atomic E-state index is 13.0. The van der Waals surface area contributed by atoms with Gasteiger partial charge in [0, 0.05) is 18.9 Å². The Kier molecular flexibility index (Phi) is 9.61. The van der Waals surface area contributed by atoms with Crippen LogP contribution in [-0.2, 0) is 22.4 Å². The zero-order valence-corrected chi connectivity index (χ0v) is 19.4. The molecular formula is C27H34ClNO3. The Morgan fingerprint density at radius 2 is 1.75 bits per heavy atom. The molecule has 0 heterocycles. The fourth-order valence-corrected chi connectivity index (χ4v) is 4.90. The van der Waals surface area contributed by atoms with Crippen molar-refractivity contribution in [2.75, 3.05) is 6.54 Å². The lowest BCUT2D eigenvalue weighted by Crippen LogP contribution is -2.26. The SMILES string of the molecule is O=C(Cc1ccc(O)c(Cl)c1)NCCCCCC(=O)C(Cc1ccccc1)C1CCCC1. The van der Waals surface area contributed by atoms with Crippen LogP contribution in [0.5, 0.6) is 5.75 Å². The smallest absolute Gasteiger partial charge is 0.224 e. The summed E-state index contributed by atoms with van der Waals surface area (Å²) in [5, 5.41) is 12.6. The molecule has 2 aromatic carbocycles. The van der Waals surface area contributed by atoms with E-state index in [2.05, 4.69) is 29.6 Å². The fourth-order valence-electron chi connectivity index (χ4n) is 4.69. The molecule has 1 saturated carbocycles. The van der Waals surface area contributed by atoms with Gasteiger partial charge in [0.25, 0.3) is 0 Å². The second kappa shape index (κ2) is 12.6.